The molecule has 112 valence electrons. The fraction of sp³-hybridized carbons (Fsp3) is 0.267. The van der Waals surface area contributed by atoms with E-state index in [1.807, 2.05) is 0 Å². The molecule has 2 aromatic rings. The number of rotatable bonds is 1. The van der Waals surface area contributed by atoms with E-state index in [1.54, 1.807) is 39.0 Å². The Balaban J connectivity index is 2.51. The molecule has 0 bridgehead atoms. The molecule has 0 fully saturated rings. The van der Waals surface area contributed by atoms with Crippen molar-refractivity contribution >= 4 is 33.6 Å². The lowest BCUT2D eigenvalue weighted by atomic mass is 10.1. The minimum atomic E-state index is -0.641. The summed E-state index contributed by atoms with van der Waals surface area (Å²) in [6.45, 7) is 5.30. The number of hydrogen-bond acceptors (Lipinski definition) is 2. The molecule has 3 nitrogen and oxygen atoms in total. The van der Waals surface area contributed by atoms with Gasteiger partial charge in [0.05, 0.1) is 10.7 Å². The Bertz CT molecular complexity index is 691. The highest BCUT2D eigenvalue weighted by Crippen LogP contribution is 2.31. The van der Waals surface area contributed by atoms with Gasteiger partial charge in [0.1, 0.15) is 5.60 Å². The average molecular weight is 375 g/mol. The smallest absolute Gasteiger partial charge is 0.419 e. The Morgan fingerprint density at radius 1 is 1.38 bits per heavy atom. The van der Waals surface area contributed by atoms with E-state index in [2.05, 4.69) is 15.9 Å². The molecule has 0 saturated carbocycles. The van der Waals surface area contributed by atoms with Gasteiger partial charge in [-0.15, -0.1) is 0 Å². The fourth-order valence-corrected chi connectivity index (χ4v) is 2.40. The summed E-state index contributed by atoms with van der Waals surface area (Å²) in [6, 6.07) is 6.28. The summed E-state index contributed by atoms with van der Waals surface area (Å²) in [7, 11) is 0. The second kappa shape index (κ2) is 5.81. The third-order valence-electron chi connectivity index (χ3n) is 2.60. The van der Waals surface area contributed by atoms with Crippen molar-refractivity contribution in [2.75, 3.05) is 0 Å². The maximum atomic E-state index is 14.2. The normalized spacial score (nSPS) is 11.5. The van der Waals surface area contributed by atoms with Gasteiger partial charge in [-0.25, -0.2) is 9.18 Å². The van der Waals surface area contributed by atoms with Crippen LogP contribution < -0.4 is 0 Å². The molecule has 1 aromatic carbocycles. The van der Waals surface area contributed by atoms with Gasteiger partial charge in [0.15, 0.2) is 5.82 Å². The quantitative estimate of drug-likeness (QED) is 0.660. The van der Waals surface area contributed by atoms with Gasteiger partial charge < -0.3 is 4.74 Å². The number of halogens is 3. The summed E-state index contributed by atoms with van der Waals surface area (Å²) < 4.78 is 21.4. The van der Waals surface area contributed by atoms with Crippen molar-refractivity contribution in [1.29, 1.82) is 0 Å². The topological polar surface area (TPSA) is 31.2 Å². The van der Waals surface area contributed by atoms with E-state index in [1.165, 1.54) is 16.8 Å². The van der Waals surface area contributed by atoms with Crippen LogP contribution in [0.15, 0.2) is 34.9 Å². The lowest BCUT2D eigenvalue weighted by Crippen LogP contribution is -2.27. The van der Waals surface area contributed by atoms with Crippen LogP contribution in [0.1, 0.15) is 20.8 Å². The second-order valence-corrected chi connectivity index (χ2v) is 6.82. The summed E-state index contributed by atoms with van der Waals surface area (Å²) in [4.78, 5) is 12.2. The summed E-state index contributed by atoms with van der Waals surface area (Å²) >= 11 is 9.08. The third kappa shape index (κ3) is 3.66. The molecule has 0 amide bonds. The molecule has 2 rings (SSSR count). The molecule has 0 aliphatic rings. The van der Waals surface area contributed by atoms with Gasteiger partial charge in [0.25, 0.3) is 0 Å². The first-order valence-electron chi connectivity index (χ1n) is 6.24. The molecule has 1 aromatic heterocycles. The Morgan fingerprint density at radius 2 is 2.05 bits per heavy atom. The van der Waals surface area contributed by atoms with E-state index in [0.717, 1.165) is 0 Å². The van der Waals surface area contributed by atoms with Crippen molar-refractivity contribution < 1.29 is 13.9 Å². The second-order valence-electron chi connectivity index (χ2n) is 5.50. The summed E-state index contributed by atoms with van der Waals surface area (Å²) in [5, 5.41) is 0.000520. The molecule has 0 aliphatic carbocycles. The molecule has 0 atom stereocenters. The highest BCUT2D eigenvalue weighted by Gasteiger charge is 2.22. The molecule has 0 spiro atoms. The Morgan fingerprint density at radius 3 is 2.67 bits per heavy atom. The van der Waals surface area contributed by atoms with E-state index in [0.29, 0.717) is 10.2 Å². The van der Waals surface area contributed by atoms with Crippen LogP contribution >= 0.6 is 27.5 Å². The molecule has 0 aliphatic heterocycles. The molecule has 6 heteroatoms. The summed E-state index contributed by atoms with van der Waals surface area (Å²) in [5.41, 5.74) is -0.0342. The molecular formula is C15H14BrClFNO2. The van der Waals surface area contributed by atoms with Gasteiger partial charge in [0, 0.05) is 16.2 Å². The van der Waals surface area contributed by atoms with Gasteiger partial charge in [-0.2, -0.15) is 0 Å². The number of carbonyl (C=O) groups excluding carboxylic acids is 1. The fourth-order valence-electron chi connectivity index (χ4n) is 1.80. The van der Waals surface area contributed by atoms with Crippen molar-refractivity contribution in [1.82, 2.24) is 4.57 Å². The van der Waals surface area contributed by atoms with Crippen molar-refractivity contribution in [2.24, 2.45) is 0 Å². The first kappa shape index (κ1) is 16.0. The minimum absolute atomic E-state index is 0.000520. The van der Waals surface area contributed by atoms with Crippen molar-refractivity contribution in [3.8, 4) is 11.3 Å². The van der Waals surface area contributed by atoms with Crippen molar-refractivity contribution in [2.45, 2.75) is 26.4 Å². The minimum Gasteiger partial charge on any atom is -0.443 e. The zero-order chi connectivity index (χ0) is 15.8. The van der Waals surface area contributed by atoms with Crippen molar-refractivity contribution in [3.05, 3.63) is 45.8 Å². The van der Waals surface area contributed by atoms with E-state index in [9.17, 15) is 9.18 Å². The molecular weight excluding hydrogens is 361 g/mol. The number of nitrogens with zero attached hydrogens (tertiary/aromatic N) is 1. The van der Waals surface area contributed by atoms with Crippen LogP contribution in [0.25, 0.3) is 11.3 Å². The number of hydrogen-bond donors (Lipinski definition) is 0. The number of aromatic nitrogens is 1. The maximum Gasteiger partial charge on any atom is 0.419 e. The van der Waals surface area contributed by atoms with Crippen LogP contribution in [-0.4, -0.2) is 16.3 Å². The number of benzene rings is 1. The average Bonchev–Trinajstić information content (AvgIpc) is 2.73. The van der Waals surface area contributed by atoms with Crippen LogP contribution in [0, 0.1) is 5.82 Å². The van der Waals surface area contributed by atoms with Crippen molar-refractivity contribution in [3.63, 3.8) is 0 Å². The molecule has 21 heavy (non-hydrogen) atoms. The van der Waals surface area contributed by atoms with Crippen LogP contribution in [0.5, 0.6) is 0 Å². The lowest BCUT2D eigenvalue weighted by Gasteiger charge is -2.20. The maximum absolute atomic E-state index is 14.2. The highest BCUT2D eigenvalue weighted by molar-refractivity contribution is 9.10. The van der Waals surface area contributed by atoms with Gasteiger partial charge in [-0.3, -0.25) is 4.57 Å². The third-order valence-corrected chi connectivity index (χ3v) is 3.33. The number of carbonyl (C=O) groups is 1. The Kier molecular flexibility index (Phi) is 4.44. The summed E-state index contributed by atoms with van der Waals surface area (Å²) in [5.74, 6) is -0.574. The molecule has 0 N–H and O–H groups in total. The zero-order valence-electron chi connectivity index (χ0n) is 11.8. The van der Waals surface area contributed by atoms with E-state index in [4.69, 9.17) is 16.3 Å². The van der Waals surface area contributed by atoms with Crippen LogP contribution in [0.4, 0.5) is 9.18 Å². The zero-order valence-corrected chi connectivity index (χ0v) is 14.1. The largest absolute Gasteiger partial charge is 0.443 e. The predicted molar refractivity (Wildman–Crippen MR) is 84.2 cm³/mol. The number of ether oxygens (including phenoxy) is 1. The molecule has 0 saturated heterocycles. The first-order chi connectivity index (χ1) is 9.69. The van der Waals surface area contributed by atoms with E-state index < -0.39 is 17.5 Å². The van der Waals surface area contributed by atoms with Gasteiger partial charge in [-0.05, 0) is 54.9 Å². The van der Waals surface area contributed by atoms with Gasteiger partial charge in [-0.1, -0.05) is 17.7 Å². The van der Waals surface area contributed by atoms with Crippen LogP contribution in [0.3, 0.4) is 0 Å². The standard InChI is InChI=1S/C15H14BrClFNO2/c1-15(2,3)21-14(20)19-8-9(16)7-12(19)10-5-4-6-11(17)13(10)18/h4-8H,1-3H3. The Hall–Kier alpha value is -1.33. The predicted octanol–water partition coefficient (Wildman–Crippen LogP) is 5.49. The first-order valence-corrected chi connectivity index (χ1v) is 7.42. The van der Waals surface area contributed by atoms with Gasteiger partial charge >= 0.3 is 6.09 Å². The molecule has 1 heterocycles. The van der Waals surface area contributed by atoms with Crippen LogP contribution in [0.2, 0.25) is 5.02 Å². The lowest BCUT2D eigenvalue weighted by molar-refractivity contribution is 0.0540. The molecule has 0 radical (unpaired) electrons. The Labute approximate surface area is 135 Å². The van der Waals surface area contributed by atoms with Gasteiger partial charge in [0.2, 0.25) is 0 Å². The summed E-state index contributed by atoms with van der Waals surface area (Å²) in [6.07, 6.45) is 0.951. The van der Waals surface area contributed by atoms with E-state index >= 15 is 0 Å². The SMILES string of the molecule is CC(C)(C)OC(=O)n1cc(Br)cc1-c1cccc(Cl)c1F. The molecule has 0 unspecified atom stereocenters. The monoisotopic (exact) mass is 373 g/mol. The van der Waals surface area contributed by atoms with Crippen LogP contribution in [-0.2, 0) is 4.74 Å². The van der Waals surface area contributed by atoms with E-state index in [-0.39, 0.29) is 10.6 Å². The highest BCUT2D eigenvalue weighted by atomic mass is 79.9.